The van der Waals surface area contributed by atoms with E-state index in [9.17, 15) is 9.82 Å². The smallest absolute Gasteiger partial charge is 0.481 e. The van der Waals surface area contributed by atoms with Crippen LogP contribution in [0.25, 0.3) is 0 Å². The number of ether oxygens (including phenoxy) is 1. The highest BCUT2D eigenvalue weighted by molar-refractivity contribution is 6.62. The summed E-state index contributed by atoms with van der Waals surface area (Å²) in [6.07, 6.45) is 0.660. The Morgan fingerprint density at radius 3 is 3.04 bits per heavy atom. The standard InChI is InChI=1S/C16H19BN4O5/c1-9-6-10(25-13-2-4-19-16(21-13)20-5-3-18)7-11-15(9)12(8-14(22)23)26-17(11)24/h2,4,6-7,12,24H,3,5,8,18H2,1H3,(H,22,23)(H,19,20,21). The van der Waals surface area contributed by atoms with E-state index < -0.39 is 19.2 Å². The molecule has 5 N–H and O–H groups in total. The fraction of sp³-hybridized carbons (Fsp3) is 0.312. The summed E-state index contributed by atoms with van der Waals surface area (Å²) in [6.45, 7) is 2.81. The van der Waals surface area contributed by atoms with Crippen molar-refractivity contribution in [3.05, 3.63) is 35.5 Å². The largest absolute Gasteiger partial charge is 0.492 e. The van der Waals surface area contributed by atoms with Crippen molar-refractivity contribution in [3.63, 3.8) is 0 Å². The average molecular weight is 358 g/mol. The molecule has 10 heteroatoms. The molecule has 9 nitrogen and oxygen atoms in total. The zero-order chi connectivity index (χ0) is 18.7. The first-order valence-electron chi connectivity index (χ1n) is 8.12. The Morgan fingerprint density at radius 2 is 2.31 bits per heavy atom. The van der Waals surface area contributed by atoms with E-state index in [1.54, 1.807) is 24.4 Å². The highest BCUT2D eigenvalue weighted by atomic mass is 16.5. The quantitative estimate of drug-likeness (QED) is 0.510. The highest BCUT2D eigenvalue weighted by Crippen LogP contribution is 2.32. The first kappa shape index (κ1) is 18.1. The summed E-state index contributed by atoms with van der Waals surface area (Å²) in [7, 11) is -1.19. The van der Waals surface area contributed by atoms with Crippen molar-refractivity contribution in [3.8, 4) is 11.6 Å². The molecule has 0 bridgehead atoms. The topological polar surface area (TPSA) is 140 Å². The Hall–Kier alpha value is -2.69. The molecule has 0 fully saturated rings. The maximum atomic E-state index is 11.0. The Balaban J connectivity index is 1.84. The van der Waals surface area contributed by atoms with Crippen LogP contribution >= 0.6 is 0 Å². The Labute approximate surface area is 150 Å². The average Bonchev–Trinajstić information content (AvgIpc) is 2.89. The van der Waals surface area contributed by atoms with Crippen LogP contribution in [0.15, 0.2) is 24.4 Å². The molecule has 2 heterocycles. The molecule has 1 aromatic carbocycles. The molecule has 1 unspecified atom stereocenters. The Kier molecular flexibility index (Phi) is 5.36. The van der Waals surface area contributed by atoms with E-state index >= 15 is 0 Å². The second-order valence-corrected chi connectivity index (χ2v) is 5.85. The molecule has 0 aliphatic carbocycles. The number of hydrogen-bond donors (Lipinski definition) is 4. The van der Waals surface area contributed by atoms with Gasteiger partial charge in [0.1, 0.15) is 5.75 Å². The molecule has 2 aromatic rings. The monoisotopic (exact) mass is 358 g/mol. The maximum Gasteiger partial charge on any atom is 0.492 e. The number of carboxylic acid groups (broad SMARTS) is 1. The molecule has 1 aliphatic rings. The molecule has 0 radical (unpaired) electrons. The first-order valence-corrected chi connectivity index (χ1v) is 8.12. The minimum atomic E-state index is -1.19. The molecular formula is C16H19BN4O5. The normalized spacial score (nSPS) is 15.7. The van der Waals surface area contributed by atoms with E-state index in [1.807, 2.05) is 6.92 Å². The van der Waals surface area contributed by atoms with Gasteiger partial charge in [-0.3, -0.25) is 4.79 Å². The van der Waals surface area contributed by atoms with Gasteiger partial charge >= 0.3 is 13.1 Å². The lowest BCUT2D eigenvalue weighted by Gasteiger charge is -2.13. The molecule has 1 aromatic heterocycles. The number of rotatable bonds is 7. The van der Waals surface area contributed by atoms with Crippen LogP contribution in [0.2, 0.25) is 0 Å². The van der Waals surface area contributed by atoms with Crippen molar-refractivity contribution in [2.75, 3.05) is 18.4 Å². The second-order valence-electron chi connectivity index (χ2n) is 5.85. The molecule has 1 aliphatic heterocycles. The number of anilines is 1. The fourth-order valence-corrected chi connectivity index (χ4v) is 2.89. The minimum absolute atomic E-state index is 0.215. The van der Waals surface area contributed by atoms with Crippen molar-refractivity contribution in [1.82, 2.24) is 9.97 Å². The summed E-state index contributed by atoms with van der Waals surface area (Å²) in [5.41, 5.74) is 7.40. The van der Waals surface area contributed by atoms with Gasteiger partial charge in [0.05, 0.1) is 12.5 Å². The molecule has 0 saturated carbocycles. The fourth-order valence-electron chi connectivity index (χ4n) is 2.89. The number of nitrogens with one attached hydrogen (secondary N) is 1. The lowest BCUT2D eigenvalue weighted by Crippen LogP contribution is -2.28. The maximum absolute atomic E-state index is 11.0. The third kappa shape index (κ3) is 3.93. The van der Waals surface area contributed by atoms with Crippen LogP contribution in [0, 0.1) is 6.92 Å². The number of carboxylic acids is 1. The van der Waals surface area contributed by atoms with Gasteiger partial charge in [-0.15, -0.1) is 0 Å². The van der Waals surface area contributed by atoms with Gasteiger partial charge in [-0.25, -0.2) is 4.98 Å². The van der Waals surface area contributed by atoms with E-state index in [-0.39, 0.29) is 6.42 Å². The molecule has 0 amide bonds. The molecule has 26 heavy (non-hydrogen) atoms. The number of fused-ring (bicyclic) bond motifs is 1. The van der Waals surface area contributed by atoms with Crippen LogP contribution in [-0.4, -0.2) is 46.3 Å². The Morgan fingerprint density at radius 1 is 1.50 bits per heavy atom. The van der Waals surface area contributed by atoms with Crippen LogP contribution in [0.3, 0.4) is 0 Å². The molecule has 0 spiro atoms. The number of aliphatic carboxylic acids is 1. The summed E-state index contributed by atoms with van der Waals surface area (Å²) in [5.74, 6) is 0.196. The predicted octanol–water partition coefficient (Wildman–Crippen LogP) is 0.181. The van der Waals surface area contributed by atoms with Crippen molar-refractivity contribution >= 4 is 24.5 Å². The van der Waals surface area contributed by atoms with Gasteiger partial charge in [0.2, 0.25) is 11.8 Å². The van der Waals surface area contributed by atoms with E-state index in [2.05, 4.69) is 15.3 Å². The van der Waals surface area contributed by atoms with Crippen molar-refractivity contribution in [1.29, 1.82) is 0 Å². The lowest BCUT2D eigenvalue weighted by molar-refractivity contribution is -0.138. The lowest BCUT2D eigenvalue weighted by atomic mass is 9.77. The van der Waals surface area contributed by atoms with Gasteiger partial charge in [-0.2, -0.15) is 4.98 Å². The van der Waals surface area contributed by atoms with Gasteiger partial charge in [0, 0.05) is 25.4 Å². The van der Waals surface area contributed by atoms with Gasteiger partial charge in [-0.05, 0) is 35.6 Å². The zero-order valence-electron chi connectivity index (χ0n) is 14.2. The molecule has 3 rings (SSSR count). The van der Waals surface area contributed by atoms with E-state index in [4.69, 9.17) is 20.2 Å². The number of benzene rings is 1. The highest BCUT2D eigenvalue weighted by Gasteiger charge is 2.37. The van der Waals surface area contributed by atoms with E-state index in [1.165, 1.54) is 0 Å². The number of nitrogens with zero attached hydrogens (tertiary/aromatic N) is 2. The van der Waals surface area contributed by atoms with Gasteiger partial charge in [0.15, 0.2) is 0 Å². The zero-order valence-corrected chi connectivity index (χ0v) is 14.2. The van der Waals surface area contributed by atoms with Crippen LogP contribution in [-0.2, 0) is 9.45 Å². The van der Waals surface area contributed by atoms with E-state index in [0.29, 0.717) is 41.7 Å². The van der Waals surface area contributed by atoms with E-state index in [0.717, 1.165) is 5.56 Å². The summed E-state index contributed by atoms with van der Waals surface area (Å²) in [6, 6.07) is 4.99. The number of aryl methyl sites for hydroxylation is 1. The SMILES string of the molecule is Cc1cc(Oc2ccnc(NCCN)n2)cc2c1C(CC(=O)O)OB2O. The second kappa shape index (κ2) is 7.69. The predicted molar refractivity (Wildman–Crippen MR) is 94.5 cm³/mol. The molecule has 0 saturated heterocycles. The number of aromatic nitrogens is 2. The van der Waals surface area contributed by atoms with Crippen molar-refractivity contribution in [2.45, 2.75) is 19.4 Å². The summed E-state index contributed by atoms with van der Waals surface area (Å²) in [5, 5.41) is 22.1. The van der Waals surface area contributed by atoms with Crippen LogP contribution in [0.4, 0.5) is 5.95 Å². The van der Waals surface area contributed by atoms with Gasteiger partial charge in [-0.1, -0.05) is 0 Å². The van der Waals surface area contributed by atoms with Crippen LogP contribution in [0.1, 0.15) is 23.7 Å². The first-order chi connectivity index (χ1) is 12.5. The van der Waals surface area contributed by atoms with Crippen molar-refractivity contribution < 1.29 is 24.3 Å². The van der Waals surface area contributed by atoms with Crippen LogP contribution in [0.5, 0.6) is 11.6 Å². The van der Waals surface area contributed by atoms with Crippen LogP contribution < -0.4 is 21.3 Å². The summed E-state index contributed by atoms with van der Waals surface area (Å²) >= 11 is 0. The summed E-state index contributed by atoms with van der Waals surface area (Å²) in [4.78, 5) is 19.3. The summed E-state index contributed by atoms with van der Waals surface area (Å²) < 4.78 is 11.1. The van der Waals surface area contributed by atoms with Crippen molar-refractivity contribution in [2.24, 2.45) is 5.73 Å². The third-order valence-electron chi connectivity index (χ3n) is 3.91. The number of nitrogens with two attached hydrogens (primary N) is 1. The van der Waals surface area contributed by atoms with Gasteiger partial charge < -0.3 is 30.6 Å². The number of carbonyl (C=O) groups is 1. The minimum Gasteiger partial charge on any atom is -0.481 e. The molecular weight excluding hydrogens is 339 g/mol. The molecule has 136 valence electrons. The number of hydrogen-bond acceptors (Lipinski definition) is 8. The van der Waals surface area contributed by atoms with Gasteiger partial charge in [0.25, 0.3) is 0 Å². The third-order valence-corrected chi connectivity index (χ3v) is 3.91. The Bertz CT molecular complexity index is 819. The molecule has 1 atom stereocenters.